The largest absolute Gasteiger partial charge is 0.484 e. The molecule has 1 saturated heterocycles. The first-order valence-electron chi connectivity index (χ1n) is 9.52. The number of ether oxygens (including phenoxy) is 1. The van der Waals surface area contributed by atoms with Gasteiger partial charge in [0, 0.05) is 37.8 Å². The second-order valence-corrected chi connectivity index (χ2v) is 7.08. The van der Waals surface area contributed by atoms with E-state index in [-0.39, 0.29) is 35.4 Å². The molecule has 1 aliphatic rings. The second kappa shape index (κ2) is 9.02. The van der Waals surface area contributed by atoms with Crippen LogP contribution < -0.4 is 9.64 Å². The Kier molecular flexibility index (Phi) is 6.44. The smallest absolute Gasteiger partial charge is 0.260 e. The number of ketones is 2. The Bertz CT molecular complexity index is 985. The van der Waals surface area contributed by atoms with Crippen molar-refractivity contribution in [2.45, 2.75) is 13.8 Å². The van der Waals surface area contributed by atoms with Crippen LogP contribution in [0.5, 0.6) is 5.75 Å². The third-order valence-corrected chi connectivity index (χ3v) is 5.01. The Morgan fingerprint density at radius 1 is 0.900 bits per heavy atom. The molecule has 8 heteroatoms. The molecule has 1 aliphatic heterocycles. The van der Waals surface area contributed by atoms with Gasteiger partial charge in [0.25, 0.3) is 5.91 Å². The molecule has 158 valence electrons. The summed E-state index contributed by atoms with van der Waals surface area (Å²) in [7, 11) is 0. The molecular weight excluding hydrogens is 394 g/mol. The Labute approximate surface area is 173 Å². The lowest BCUT2D eigenvalue weighted by atomic mass is 10.1. The number of halogens is 2. The van der Waals surface area contributed by atoms with Crippen molar-refractivity contribution in [3.8, 4) is 5.75 Å². The van der Waals surface area contributed by atoms with Gasteiger partial charge in [-0.2, -0.15) is 0 Å². The van der Waals surface area contributed by atoms with Gasteiger partial charge in [-0.05, 0) is 44.2 Å². The zero-order valence-electron chi connectivity index (χ0n) is 16.8. The molecule has 2 aromatic carbocycles. The number of amides is 1. The van der Waals surface area contributed by atoms with Crippen LogP contribution in [0.4, 0.5) is 14.5 Å². The summed E-state index contributed by atoms with van der Waals surface area (Å²) >= 11 is 0. The fourth-order valence-electron chi connectivity index (χ4n) is 3.29. The van der Waals surface area contributed by atoms with Crippen LogP contribution in [0.15, 0.2) is 36.4 Å². The van der Waals surface area contributed by atoms with E-state index in [0.717, 1.165) is 6.07 Å². The molecule has 6 nitrogen and oxygen atoms in total. The van der Waals surface area contributed by atoms with Crippen LogP contribution in [0.2, 0.25) is 0 Å². The van der Waals surface area contributed by atoms with Crippen LogP contribution in [0.1, 0.15) is 34.6 Å². The molecule has 2 aromatic rings. The number of Topliss-reactive ketones (excluding diaryl/α,β-unsaturated/α-hetero) is 2. The molecule has 0 saturated carbocycles. The van der Waals surface area contributed by atoms with E-state index in [1.165, 1.54) is 32.0 Å². The predicted molar refractivity (Wildman–Crippen MR) is 107 cm³/mol. The van der Waals surface area contributed by atoms with Crippen LogP contribution >= 0.6 is 0 Å². The molecule has 0 bridgehead atoms. The number of carbonyl (C=O) groups is 3. The van der Waals surface area contributed by atoms with Gasteiger partial charge in [0.1, 0.15) is 17.4 Å². The zero-order chi connectivity index (χ0) is 21.8. The van der Waals surface area contributed by atoms with Crippen LogP contribution in [0, 0.1) is 11.6 Å². The van der Waals surface area contributed by atoms with Gasteiger partial charge < -0.3 is 14.5 Å². The maximum Gasteiger partial charge on any atom is 0.260 e. The third kappa shape index (κ3) is 4.82. The molecule has 30 heavy (non-hydrogen) atoms. The number of piperazine rings is 1. The Hall–Kier alpha value is -3.29. The minimum Gasteiger partial charge on any atom is -0.484 e. The van der Waals surface area contributed by atoms with Gasteiger partial charge in [-0.15, -0.1) is 0 Å². The van der Waals surface area contributed by atoms with Crippen molar-refractivity contribution in [2.24, 2.45) is 0 Å². The number of rotatable bonds is 6. The number of hydrogen-bond donors (Lipinski definition) is 0. The lowest BCUT2D eigenvalue weighted by molar-refractivity contribution is -0.133. The summed E-state index contributed by atoms with van der Waals surface area (Å²) < 4.78 is 33.5. The van der Waals surface area contributed by atoms with Gasteiger partial charge in [-0.25, -0.2) is 8.78 Å². The highest BCUT2D eigenvalue weighted by atomic mass is 19.1. The number of carbonyl (C=O) groups excluding carboxylic acids is 3. The summed E-state index contributed by atoms with van der Waals surface area (Å²) in [6, 6.07) is 8.23. The molecule has 1 amide bonds. The SMILES string of the molecule is CC(=O)c1ccc(N2CCN(C(=O)COc3ccc(C(C)=O)c(F)c3)CC2)c(F)c1. The summed E-state index contributed by atoms with van der Waals surface area (Å²) in [4.78, 5) is 38.4. The summed E-state index contributed by atoms with van der Waals surface area (Å²) in [6.45, 7) is 4.02. The molecule has 0 unspecified atom stereocenters. The topological polar surface area (TPSA) is 66.9 Å². The predicted octanol–water partition coefficient (Wildman–Crippen LogP) is 3.10. The average Bonchev–Trinajstić information content (AvgIpc) is 2.71. The van der Waals surface area contributed by atoms with Crippen molar-refractivity contribution in [1.82, 2.24) is 4.90 Å². The average molecular weight is 416 g/mol. The van der Waals surface area contributed by atoms with E-state index in [1.54, 1.807) is 17.0 Å². The summed E-state index contributed by atoms with van der Waals surface area (Å²) in [5.74, 6) is -1.86. The molecule has 1 fully saturated rings. The normalized spacial score (nSPS) is 13.9. The van der Waals surface area contributed by atoms with Crippen molar-refractivity contribution >= 4 is 23.2 Å². The lowest BCUT2D eigenvalue weighted by Gasteiger charge is -2.36. The molecule has 0 aliphatic carbocycles. The van der Waals surface area contributed by atoms with E-state index in [0.29, 0.717) is 37.4 Å². The molecule has 0 aromatic heterocycles. The first kappa shape index (κ1) is 21.4. The van der Waals surface area contributed by atoms with Gasteiger partial charge in [0.15, 0.2) is 18.2 Å². The van der Waals surface area contributed by atoms with Gasteiger partial charge in [-0.1, -0.05) is 0 Å². The molecule has 0 N–H and O–H groups in total. The molecule has 3 rings (SSSR count). The first-order valence-corrected chi connectivity index (χ1v) is 9.52. The van der Waals surface area contributed by atoms with Crippen molar-refractivity contribution in [3.63, 3.8) is 0 Å². The fourth-order valence-corrected chi connectivity index (χ4v) is 3.29. The number of hydrogen-bond acceptors (Lipinski definition) is 5. The van der Waals surface area contributed by atoms with Crippen LogP contribution in [-0.4, -0.2) is 55.2 Å². The number of anilines is 1. The molecule has 0 radical (unpaired) electrons. The quantitative estimate of drug-likeness (QED) is 0.677. The van der Waals surface area contributed by atoms with Gasteiger partial charge in [-0.3, -0.25) is 14.4 Å². The molecule has 0 spiro atoms. The highest BCUT2D eigenvalue weighted by molar-refractivity contribution is 5.95. The third-order valence-electron chi connectivity index (χ3n) is 5.01. The molecular formula is C22H22F2N2O4. The van der Waals surface area contributed by atoms with Crippen LogP contribution in [0.25, 0.3) is 0 Å². The van der Waals surface area contributed by atoms with Crippen molar-refractivity contribution in [1.29, 1.82) is 0 Å². The van der Waals surface area contributed by atoms with E-state index < -0.39 is 11.6 Å². The minimum absolute atomic E-state index is 0.0339. The summed E-state index contributed by atoms with van der Waals surface area (Å²) in [5.41, 5.74) is 0.674. The van der Waals surface area contributed by atoms with Crippen LogP contribution in [-0.2, 0) is 4.79 Å². The first-order chi connectivity index (χ1) is 14.3. The zero-order valence-corrected chi connectivity index (χ0v) is 16.8. The second-order valence-electron chi connectivity index (χ2n) is 7.08. The van der Waals surface area contributed by atoms with Gasteiger partial charge in [0.05, 0.1) is 11.3 Å². The van der Waals surface area contributed by atoms with E-state index >= 15 is 0 Å². The maximum absolute atomic E-state index is 14.3. The monoisotopic (exact) mass is 416 g/mol. The lowest BCUT2D eigenvalue weighted by Crippen LogP contribution is -2.50. The maximum atomic E-state index is 14.3. The standard InChI is InChI=1S/C22H22F2N2O4/c1-14(27)16-3-6-21(20(24)11-16)25-7-9-26(10-8-25)22(29)13-30-17-4-5-18(15(2)28)19(23)12-17/h3-6,11-12H,7-10,13H2,1-2H3. The summed E-state index contributed by atoms with van der Waals surface area (Å²) in [6.07, 6.45) is 0. The molecule has 1 heterocycles. The van der Waals surface area contributed by atoms with Crippen molar-refractivity contribution < 1.29 is 27.9 Å². The van der Waals surface area contributed by atoms with E-state index in [9.17, 15) is 23.2 Å². The van der Waals surface area contributed by atoms with E-state index in [2.05, 4.69) is 0 Å². The fraction of sp³-hybridized carbons (Fsp3) is 0.318. The Balaban J connectivity index is 1.54. The number of nitrogens with zero attached hydrogens (tertiary/aromatic N) is 2. The Morgan fingerprint density at radius 3 is 2.17 bits per heavy atom. The highest BCUT2D eigenvalue weighted by Gasteiger charge is 2.23. The number of benzene rings is 2. The highest BCUT2D eigenvalue weighted by Crippen LogP contribution is 2.22. The van der Waals surface area contributed by atoms with E-state index in [1.807, 2.05) is 4.90 Å². The van der Waals surface area contributed by atoms with Gasteiger partial charge in [0.2, 0.25) is 0 Å². The van der Waals surface area contributed by atoms with Gasteiger partial charge >= 0.3 is 0 Å². The molecule has 0 atom stereocenters. The van der Waals surface area contributed by atoms with Crippen molar-refractivity contribution in [3.05, 3.63) is 59.2 Å². The Morgan fingerprint density at radius 2 is 1.60 bits per heavy atom. The summed E-state index contributed by atoms with van der Waals surface area (Å²) in [5, 5.41) is 0. The van der Waals surface area contributed by atoms with Crippen molar-refractivity contribution in [2.75, 3.05) is 37.7 Å². The van der Waals surface area contributed by atoms with E-state index in [4.69, 9.17) is 4.74 Å². The minimum atomic E-state index is -0.695. The van der Waals surface area contributed by atoms with Crippen LogP contribution in [0.3, 0.4) is 0 Å².